The van der Waals surface area contributed by atoms with Gasteiger partial charge in [0.25, 0.3) is 0 Å². The van der Waals surface area contributed by atoms with Gasteiger partial charge in [-0.2, -0.15) is 0 Å². The molecule has 0 aliphatic heterocycles. The zero-order chi connectivity index (χ0) is 15.4. The highest BCUT2D eigenvalue weighted by Gasteiger charge is 2.15. The van der Waals surface area contributed by atoms with Crippen molar-refractivity contribution in [3.05, 3.63) is 68.9 Å². The van der Waals surface area contributed by atoms with Crippen molar-refractivity contribution in [3.8, 4) is 0 Å². The SMILES string of the molecule is CCCNC(c1cc(C)cc(Br)c1)c1ccc(F)c(C)c1. The van der Waals surface area contributed by atoms with E-state index in [2.05, 4.69) is 53.3 Å². The molecular weight excluding hydrogens is 329 g/mol. The monoisotopic (exact) mass is 349 g/mol. The van der Waals surface area contributed by atoms with Crippen molar-refractivity contribution in [2.24, 2.45) is 0 Å². The van der Waals surface area contributed by atoms with Crippen LogP contribution in [0.5, 0.6) is 0 Å². The number of halogens is 2. The van der Waals surface area contributed by atoms with Crippen molar-refractivity contribution in [1.29, 1.82) is 0 Å². The van der Waals surface area contributed by atoms with Crippen LogP contribution in [0.1, 0.15) is 41.6 Å². The number of hydrogen-bond donors (Lipinski definition) is 1. The molecule has 1 unspecified atom stereocenters. The number of rotatable bonds is 5. The molecule has 2 aromatic rings. The summed E-state index contributed by atoms with van der Waals surface area (Å²) in [6.07, 6.45) is 1.06. The third-order valence-electron chi connectivity index (χ3n) is 3.51. The predicted octanol–water partition coefficient (Wildman–Crippen LogP) is 5.29. The second kappa shape index (κ2) is 7.19. The Hall–Kier alpha value is -1.19. The number of aryl methyl sites for hydroxylation is 2. The van der Waals surface area contributed by atoms with Gasteiger partial charge in [0.2, 0.25) is 0 Å². The molecule has 0 aliphatic rings. The normalized spacial score (nSPS) is 12.4. The fraction of sp³-hybridized carbons (Fsp3) is 0.333. The van der Waals surface area contributed by atoms with Gasteiger partial charge in [0.05, 0.1) is 6.04 Å². The van der Waals surface area contributed by atoms with E-state index in [1.54, 1.807) is 6.07 Å². The average Bonchev–Trinajstić information content (AvgIpc) is 2.42. The second-order valence-corrected chi connectivity index (χ2v) is 6.37. The van der Waals surface area contributed by atoms with Gasteiger partial charge in [-0.1, -0.05) is 41.1 Å². The molecule has 21 heavy (non-hydrogen) atoms. The van der Waals surface area contributed by atoms with Crippen LogP contribution in [0.15, 0.2) is 40.9 Å². The lowest BCUT2D eigenvalue weighted by Crippen LogP contribution is -2.23. The summed E-state index contributed by atoms with van der Waals surface area (Å²) in [5.74, 6) is -0.154. The van der Waals surface area contributed by atoms with Crippen molar-refractivity contribution in [2.75, 3.05) is 6.54 Å². The molecule has 2 aromatic carbocycles. The van der Waals surface area contributed by atoms with Gasteiger partial charge in [-0.15, -0.1) is 0 Å². The zero-order valence-electron chi connectivity index (χ0n) is 12.7. The lowest BCUT2D eigenvalue weighted by molar-refractivity contribution is 0.589. The van der Waals surface area contributed by atoms with E-state index in [1.165, 1.54) is 11.1 Å². The van der Waals surface area contributed by atoms with Crippen LogP contribution in [0.2, 0.25) is 0 Å². The van der Waals surface area contributed by atoms with Gasteiger partial charge in [-0.3, -0.25) is 0 Å². The van der Waals surface area contributed by atoms with Crippen molar-refractivity contribution < 1.29 is 4.39 Å². The van der Waals surface area contributed by atoms with Gasteiger partial charge < -0.3 is 5.32 Å². The summed E-state index contributed by atoms with van der Waals surface area (Å²) < 4.78 is 14.6. The highest BCUT2D eigenvalue weighted by Crippen LogP contribution is 2.27. The van der Waals surface area contributed by atoms with Crippen LogP contribution >= 0.6 is 15.9 Å². The quantitative estimate of drug-likeness (QED) is 0.772. The molecule has 0 amide bonds. The summed E-state index contributed by atoms with van der Waals surface area (Å²) in [7, 11) is 0. The van der Waals surface area contributed by atoms with Crippen molar-refractivity contribution in [2.45, 2.75) is 33.2 Å². The minimum absolute atomic E-state index is 0.0837. The number of nitrogens with one attached hydrogen (secondary N) is 1. The highest BCUT2D eigenvalue weighted by atomic mass is 79.9. The summed E-state index contributed by atoms with van der Waals surface area (Å²) >= 11 is 3.56. The van der Waals surface area contributed by atoms with E-state index in [0.29, 0.717) is 5.56 Å². The van der Waals surface area contributed by atoms with E-state index in [1.807, 2.05) is 19.1 Å². The molecular formula is C18H21BrFN. The molecule has 0 saturated carbocycles. The Morgan fingerprint density at radius 1 is 1.10 bits per heavy atom. The van der Waals surface area contributed by atoms with Crippen LogP contribution in [0.4, 0.5) is 4.39 Å². The summed E-state index contributed by atoms with van der Waals surface area (Å²) in [6.45, 7) is 6.96. The molecule has 0 radical (unpaired) electrons. The minimum Gasteiger partial charge on any atom is -0.306 e. The first-order valence-electron chi connectivity index (χ1n) is 7.27. The van der Waals surface area contributed by atoms with Crippen LogP contribution in [-0.4, -0.2) is 6.54 Å². The molecule has 1 nitrogen and oxygen atoms in total. The average molecular weight is 350 g/mol. The van der Waals surface area contributed by atoms with Gasteiger partial charge in [0.15, 0.2) is 0 Å². The first kappa shape index (κ1) is 16.2. The van der Waals surface area contributed by atoms with E-state index >= 15 is 0 Å². The van der Waals surface area contributed by atoms with Crippen LogP contribution in [-0.2, 0) is 0 Å². The van der Waals surface area contributed by atoms with Crippen LogP contribution in [0.3, 0.4) is 0 Å². The molecule has 0 bridgehead atoms. The first-order chi connectivity index (χ1) is 10.0. The van der Waals surface area contributed by atoms with E-state index in [9.17, 15) is 4.39 Å². The van der Waals surface area contributed by atoms with Gasteiger partial charge in [-0.25, -0.2) is 4.39 Å². The Bertz CT molecular complexity index is 604. The van der Waals surface area contributed by atoms with Crippen molar-refractivity contribution in [3.63, 3.8) is 0 Å². The van der Waals surface area contributed by atoms with E-state index in [0.717, 1.165) is 23.0 Å². The van der Waals surface area contributed by atoms with E-state index < -0.39 is 0 Å². The van der Waals surface area contributed by atoms with E-state index in [-0.39, 0.29) is 11.9 Å². The maximum Gasteiger partial charge on any atom is 0.126 e. The lowest BCUT2D eigenvalue weighted by atomic mass is 9.96. The molecule has 0 saturated heterocycles. The maximum absolute atomic E-state index is 13.5. The molecule has 0 spiro atoms. The molecule has 0 aromatic heterocycles. The molecule has 3 heteroatoms. The summed E-state index contributed by atoms with van der Waals surface area (Å²) in [4.78, 5) is 0. The van der Waals surface area contributed by atoms with Gasteiger partial charge in [0, 0.05) is 4.47 Å². The second-order valence-electron chi connectivity index (χ2n) is 5.46. The molecule has 0 aliphatic carbocycles. The molecule has 1 N–H and O–H groups in total. The maximum atomic E-state index is 13.5. The third kappa shape index (κ3) is 4.14. The minimum atomic E-state index is -0.154. The fourth-order valence-corrected chi connectivity index (χ4v) is 3.12. The number of benzene rings is 2. The van der Waals surface area contributed by atoms with Crippen molar-refractivity contribution in [1.82, 2.24) is 5.32 Å². The zero-order valence-corrected chi connectivity index (χ0v) is 14.3. The smallest absolute Gasteiger partial charge is 0.126 e. The third-order valence-corrected chi connectivity index (χ3v) is 3.97. The van der Waals surface area contributed by atoms with Crippen molar-refractivity contribution >= 4 is 15.9 Å². The molecule has 0 heterocycles. The Morgan fingerprint density at radius 3 is 2.48 bits per heavy atom. The Kier molecular flexibility index (Phi) is 5.54. The highest BCUT2D eigenvalue weighted by molar-refractivity contribution is 9.10. The predicted molar refractivity (Wildman–Crippen MR) is 90.2 cm³/mol. The molecule has 2 rings (SSSR count). The first-order valence-corrected chi connectivity index (χ1v) is 8.07. The van der Waals surface area contributed by atoms with Gasteiger partial charge >= 0.3 is 0 Å². The molecule has 112 valence electrons. The summed E-state index contributed by atoms with van der Waals surface area (Å²) in [6, 6.07) is 11.8. The lowest BCUT2D eigenvalue weighted by Gasteiger charge is -2.21. The fourth-order valence-electron chi connectivity index (χ4n) is 2.50. The topological polar surface area (TPSA) is 12.0 Å². The standard InChI is InChI=1S/C18H21BrFN/c1-4-7-21-18(14-5-6-17(20)13(3)10-14)15-8-12(2)9-16(19)11-15/h5-6,8-11,18,21H,4,7H2,1-3H3. The van der Waals surface area contributed by atoms with Gasteiger partial charge in [0.1, 0.15) is 5.82 Å². The molecule has 0 fully saturated rings. The van der Waals surface area contributed by atoms with Gasteiger partial charge in [-0.05, 0) is 67.3 Å². The van der Waals surface area contributed by atoms with Crippen LogP contribution < -0.4 is 5.32 Å². The Labute approximate surface area is 134 Å². The molecule has 1 atom stereocenters. The Balaban J connectivity index is 2.43. The van der Waals surface area contributed by atoms with Crippen LogP contribution in [0, 0.1) is 19.7 Å². The summed E-state index contributed by atoms with van der Waals surface area (Å²) in [5, 5.41) is 3.56. The Morgan fingerprint density at radius 2 is 1.86 bits per heavy atom. The van der Waals surface area contributed by atoms with E-state index in [4.69, 9.17) is 0 Å². The summed E-state index contributed by atoms with van der Waals surface area (Å²) in [5.41, 5.74) is 4.19. The largest absolute Gasteiger partial charge is 0.306 e. The number of hydrogen-bond acceptors (Lipinski definition) is 1. The van der Waals surface area contributed by atoms with Crippen LogP contribution in [0.25, 0.3) is 0 Å².